The summed E-state index contributed by atoms with van der Waals surface area (Å²) in [7, 11) is 0. The highest BCUT2D eigenvalue weighted by atomic mass is 16.6. The van der Waals surface area contributed by atoms with Crippen molar-refractivity contribution in [2.24, 2.45) is 17.8 Å². The SMILES string of the molecule is CC(C)CC(C(=O)Nc1ccc2c(c1)OCCO2)N1C(=O)C2CC=CCC2C1=O. The lowest BCUT2D eigenvalue weighted by Gasteiger charge is -2.27. The quantitative estimate of drug-likeness (QED) is 0.609. The van der Waals surface area contributed by atoms with E-state index < -0.39 is 6.04 Å². The number of hydrogen-bond acceptors (Lipinski definition) is 5. The Bertz CT molecular complexity index is 837. The van der Waals surface area contributed by atoms with Crippen molar-refractivity contribution in [1.82, 2.24) is 4.90 Å². The van der Waals surface area contributed by atoms with Gasteiger partial charge in [-0.05, 0) is 37.3 Å². The number of ether oxygens (including phenoxy) is 2. The third-order valence-electron chi connectivity index (χ3n) is 5.66. The van der Waals surface area contributed by atoms with Crippen LogP contribution >= 0.6 is 0 Å². The molecule has 3 amide bonds. The van der Waals surface area contributed by atoms with Gasteiger partial charge in [-0.15, -0.1) is 0 Å². The maximum absolute atomic E-state index is 13.2. The second kappa shape index (κ2) is 7.89. The zero-order valence-electron chi connectivity index (χ0n) is 16.7. The normalized spacial score (nSPS) is 23.9. The van der Waals surface area contributed by atoms with Crippen LogP contribution in [0.15, 0.2) is 30.4 Å². The molecule has 1 saturated heterocycles. The number of carbonyl (C=O) groups is 3. The first-order chi connectivity index (χ1) is 14.0. The number of imide groups is 1. The Morgan fingerprint density at radius 3 is 2.31 bits per heavy atom. The summed E-state index contributed by atoms with van der Waals surface area (Å²) in [5.74, 6) is -0.154. The number of rotatable bonds is 5. The van der Waals surface area contributed by atoms with Gasteiger partial charge < -0.3 is 14.8 Å². The van der Waals surface area contributed by atoms with Gasteiger partial charge >= 0.3 is 0 Å². The number of fused-ring (bicyclic) bond motifs is 2. The Hall–Kier alpha value is -2.83. The predicted molar refractivity (Wildman–Crippen MR) is 107 cm³/mol. The van der Waals surface area contributed by atoms with Crippen LogP contribution < -0.4 is 14.8 Å². The van der Waals surface area contributed by atoms with Crippen molar-refractivity contribution in [2.75, 3.05) is 18.5 Å². The van der Waals surface area contributed by atoms with Crippen molar-refractivity contribution in [3.05, 3.63) is 30.4 Å². The molecule has 1 aliphatic carbocycles. The minimum absolute atomic E-state index is 0.146. The number of hydrogen-bond donors (Lipinski definition) is 1. The average Bonchev–Trinajstić information content (AvgIpc) is 2.96. The predicted octanol–water partition coefficient (Wildman–Crippen LogP) is 2.76. The van der Waals surface area contributed by atoms with E-state index in [0.29, 0.717) is 49.7 Å². The van der Waals surface area contributed by atoms with Crippen LogP contribution in [0.1, 0.15) is 33.1 Å². The van der Waals surface area contributed by atoms with E-state index >= 15 is 0 Å². The molecule has 0 saturated carbocycles. The molecule has 3 unspecified atom stereocenters. The average molecular weight is 398 g/mol. The van der Waals surface area contributed by atoms with Crippen LogP contribution in [0.25, 0.3) is 0 Å². The van der Waals surface area contributed by atoms with Gasteiger partial charge in [0.15, 0.2) is 11.5 Å². The Labute approximate surface area is 170 Å². The van der Waals surface area contributed by atoms with E-state index in [4.69, 9.17) is 9.47 Å². The molecule has 1 fully saturated rings. The highest BCUT2D eigenvalue weighted by molar-refractivity contribution is 6.10. The first-order valence-corrected chi connectivity index (χ1v) is 10.2. The van der Waals surface area contributed by atoms with Gasteiger partial charge in [-0.1, -0.05) is 26.0 Å². The summed E-state index contributed by atoms with van der Waals surface area (Å²) < 4.78 is 11.1. The van der Waals surface area contributed by atoms with Gasteiger partial charge in [0.25, 0.3) is 0 Å². The van der Waals surface area contributed by atoms with Crippen LogP contribution in [0.4, 0.5) is 5.69 Å². The number of benzene rings is 1. The maximum Gasteiger partial charge on any atom is 0.247 e. The number of nitrogens with zero attached hydrogens (tertiary/aromatic N) is 1. The molecule has 0 spiro atoms. The third-order valence-corrected chi connectivity index (χ3v) is 5.66. The highest BCUT2D eigenvalue weighted by Crippen LogP contribution is 2.37. The molecule has 1 aromatic carbocycles. The number of carbonyl (C=O) groups excluding carboxylic acids is 3. The highest BCUT2D eigenvalue weighted by Gasteiger charge is 2.51. The lowest BCUT2D eigenvalue weighted by atomic mass is 9.85. The van der Waals surface area contributed by atoms with Crippen LogP contribution in [-0.4, -0.2) is 41.9 Å². The molecular formula is C22H26N2O5. The summed E-state index contributed by atoms with van der Waals surface area (Å²) in [6.07, 6.45) is 5.43. The van der Waals surface area contributed by atoms with Crippen molar-refractivity contribution >= 4 is 23.4 Å². The monoisotopic (exact) mass is 398 g/mol. The summed E-state index contributed by atoms with van der Waals surface area (Å²) in [6, 6.07) is 4.35. The van der Waals surface area contributed by atoms with E-state index in [2.05, 4.69) is 5.32 Å². The fourth-order valence-corrected chi connectivity index (χ4v) is 4.26. The molecule has 7 heteroatoms. The Morgan fingerprint density at radius 1 is 1.07 bits per heavy atom. The van der Waals surface area contributed by atoms with E-state index in [9.17, 15) is 14.4 Å². The van der Waals surface area contributed by atoms with Crippen molar-refractivity contribution in [3.63, 3.8) is 0 Å². The molecule has 1 N–H and O–H groups in total. The minimum Gasteiger partial charge on any atom is -0.486 e. The first-order valence-electron chi connectivity index (χ1n) is 10.2. The van der Waals surface area contributed by atoms with Crippen molar-refractivity contribution in [3.8, 4) is 11.5 Å². The second-order valence-electron chi connectivity index (χ2n) is 8.20. The zero-order chi connectivity index (χ0) is 20.5. The van der Waals surface area contributed by atoms with Crippen molar-refractivity contribution < 1.29 is 23.9 Å². The summed E-state index contributed by atoms with van der Waals surface area (Å²) in [5, 5.41) is 2.86. The third kappa shape index (κ3) is 3.73. The number of likely N-dealkylation sites (tertiary alicyclic amines) is 1. The van der Waals surface area contributed by atoms with Crippen LogP contribution in [0.2, 0.25) is 0 Å². The van der Waals surface area contributed by atoms with Crippen LogP contribution in [0.5, 0.6) is 11.5 Å². The molecule has 0 bridgehead atoms. The summed E-state index contributed by atoms with van der Waals surface area (Å²) in [4.78, 5) is 40.3. The van der Waals surface area contributed by atoms with Gasteiger partial charge in [0.05, 0.1) is 11.8 Å². The van der Waals surface area contributed by atoms with Gasteiger partial charge in [0.2, 0.25) is 17.7 Å². The summed E-state index contributed by atoms with van der Waals surface area (Å²) in [6.45, 7) is 4.90. The fraction of sp³-hybridized carbons (Fsp3) is 0.500. The van der Waals surface area contributed by atoms with Crippen LogP contribution in [0.3, 0.4) is 0 Å². The Balaban J connectivity index is 1.56. The molecular weight excluding hydrogens is 372 g/mol. The number of anilines is 1. The Morgan fingerprint density at radius 2 is 1.69 bits per heavy atom. The summed E-state index contributed by atoms with van der Waals surface area (Å²) >= 11 is 0. The number of allylic oxidation sites excluding steroid dienone is 2. The van der Waals surface area contributed by atoms with Crippen molar-refractivity contribution in [1.29, 1.82) is 0 Å². The van der Waals surface area contributed by atoms with E-state index in [1.807, 2.05) is 26.0 Å². The maximum atomic E-state index is 13.2. The zero-order valence-corrected chi connectivity index (χ0v) is 16.7. The lowest BCUT2D eigenvalue weighted by molar-refractivity contribution is -0.147. The van der Waals surface area contributed by atoms with Crippen molar-refractivity contribution in [2.45, 2.75) is 39.2 Å². The molecule has 29 heavy (non-hydrogen) atoms. The van der Waals surface area contributed by atoms with Gasteiger partial charge in [0.1, 0.15) is 19.3 Å². The molecule has 4 rings (SSSR count). The Kier molecular flexibility index (Phi) is 5.30. The van der Waals surface area contributed by atoms with E-state index in [-0.39, 0.29) is 35.5 Å². The molecule has 1 aromatic rings. The smallest absolute Gasteiger partial charge is 0.247 e. The van der Waals surface area contributed by atoms with Gasteiger partial charge in [-0.2, -0.15) is 0 Å². The molecule has 7 nitrogen and oxygen atoms in total. The van der Waals surface area contributed by atoms with Gasteiger partial charge in [0, 0.05) is 11.8 Å². The van der Waals surface area contributed by atoms with E-state index in [0.717, 1.165) is 0 Å². The molecule has 154 valence electrons. The fourth-order valence-electron chi connectivity index (χ4n) is 4.26. The summed E-state index contributed by atoms with van der Waals surface area (Å²) in [5.41, 5.74) is 0.547. The molecule has 2 heterocycles. The first kappa shape index (κ1) is 19.5. The number of nitrogens with one attached hydrogen (secondary N) is 1. The van der Waals surface area contributed by atoms with E-state index in [1.165, 1.54) is 4.90 Å². The van der Waals surface area contributed by atoms with Crippen LogP contribution in [0, 0.1) is 17.8 Å². The standard InChI is InChI=1S/C22H26N2O5/c1-13(2)11-17(24-21(26)15-5-3-4-6-16(15)22(24)27)20(25)23-14-7-8-18-19(12-14)29-10-9-28-18/h3-4,7-8,12-13,15-17H,5-6,9-11H2,1-2H3,(H,23,25). The molecule has 0 aromatic heterocycles. The van der Waals surface area contributed by atoms with E-state index in [1.54, 1.807) is 18.2 Å². The largest absolute Gasteiger partial charge is 0.486 e. The minimum atomic E-state index is -0.825. The van der Waals surface area contributed by atoms with Gasteiger partial charge in [-0.25, -0.2) is 0 Å². The molecule has 3 atom stereocenters. The number of amides is 3. The van der Waals surface area contributed by atoms with Crippen LogP contribution in [-0.2, 0) is 14.4 Å². The van der Waals surface area contributed by atoms with Gasteiger partial charge in [-0.3, -0.25) is 19.3 Å². The topological polar surface area (TPSA) is 84.9 Å². The molecule has 0 radical (unpaired) electrons. The second-order valence-corrected chi connectivity index (χ2v) is 8.20. The molecule has 3 aliphatic rings. The lowest BCUT2D eigenvalue weighted by Crippen LogP contribution is -2.48. The molecule has 2 aliphatic heterocycles.